The van der Waals surface area contributed by atoms with E-state index in [0.717, 1.165) is 20.7 Å². The minimum Gasteiger partial charge on any atom is -0.253 e. The van der Waals surface area contributed by atoms with Gasteiger partial charge in [-0.15, -0.1) is 0 Å². The lowest BCUT2D eigenvalue weighted by Crippen LogP contribution is -2.03. The number of hydrogen-bond donors (Lipinski definition) is 0. The van der Waals surface area contributed by atoms with Crippen molar-refractivity contribution in [2.75, 3.05) is 6.66 Å². The van der Waals surface area contributed by atoms with Gasteiger partial charge in [0.25, 0.3) is 0 Å². The Balaban J connectivity index is 2.17. The Morgan fingerprint density at radius 1 is 1.00 bits per heavy atom. The highest BCUT2D eigenvalue weighted by atomic mass is 31.1. The van der Waals surface area contributed by atoms with Crippen molar-refractivity contribution in [2.24, 2.45) is 0 Å². The summed E-state index contributed by atoms with van der Waals surface area (Å²) in [6, 6.07) is 16.7. The average molecular weight is 215 g/mol. The molecule has 1 aromatic carbocycles. The first-order valence-corrected chi connectivity index (χ1v) is 6.56. The Kier molecular flexibility index (Phi) is 3.47. The van der Waals surface area contributed by atoms with E-state index in [9.17, 15) is 0 Å². The molecule has 0 amide bonds. The number of hydrogen-bond acceptors (Lipinski definition) is 1. The summed E-state index contributed by atoms with van der Waals surface area (Å²) in [5.41, 5.74) is 3.68. The normalized spacial score (nSPS) is 11.0. The van der Waals surface area contributed by atoms with Crippen molar-refractivity contribution >= 4 is 14.0 Å². The minimum atomic E-state index is 0.776. The Morgan fingerprint density at radius 2 is 1.80 bits per heavy atom. The summed E-state index contributed by atoms with van der Waals surface area (Å²) in [5.74, 6) is 0. The van der Waals surface area contributed by atoms with Gasteiger partial charge in [0.15, 0.2) is 0 Å². The van der Waals surface area contributed by atoms with Crippen molar-refractivity contribution < 1.29 is 0 Å². The molecule has 2 heteroatoms. The van der Waals surface area contributed by atoms with Crippen LogP contribution in [-0.2, 0) is 6.42 Å². The van der Waals surface area contributed by atoms with E-state index < -0.39 is 0 Å². The lowest BCUT2D eigenvalue weighted by molar-refractivity contribution is 1.09. The van der Waals surface area contributed by atoms with Crippen LogP contribution in [0.4, 0.5) is 0 Å². The molecule has 1 aromatic heterocycles. The lowest BCUT2D eigenvalue weighted by Gasteiger charge is -2.02. The van der Waals surface area contributed by atoms with Crippen LogP contribution in [0.15, 0.2) is 48.5 Å². The molecule has 1 nitrogen and oxygen atoms in total. The number of benzene rings is 1. The maximum Gasteiger partial charge on any atom is 0.0600 e. The lowest BCUT2D eigenvalue weighted by atomic mass is 10.1. The largest absolute Gasteiger partial charge is 0.253 e. The molecule has 0 spiro atoms. The smallest absolute Gasteiger partial charge is 0.0600 e. The molecule has 2 aromatic rings. The molecule has 0 aliphatic heterocycles. The first-order valence-electron chi connectivity index (χ1n) is 5.06. The maximum absolute atomic E-state index is 4.60. The Bertz CT molecular complexity index is 426. The summed E-state index contributed by atoms with van der Waals surface area (Å²) in [6.07, 6.45) is 0.930. The molecular formula is C13H14NP. The predicted octanol–water partition coefficient (Wildman–Crippen LogP) is 2.61. The highest BCUT2D eigenvalue weighted by molar-refractivity contribution is 7.45. The first kappa shape index (κ1) is 10.3. The van der Waals surface area contributed by atoms with Crippen LogP contribution < -0.4 is 5.44 Å². The topological polar surface area (TPSA) is 12.9 Å². The van der Waals surface area contributed by atoms with Crippen molar-refractivity contribution in [3.63, 3.8) is 0 Å². The monoisotopic (exact) mass is 215 g/mol. The van der Waals surface area contributed by atoms with E-state index in [0.29, 0.717) is 0 Å². The molecule has 0 aliphatic rings. The summed E-state index contributed by atoms with van der Waals surface area (Å²) in [7, 11) is 0.776. The van der Waals surface area contributed by atoms with Gasteiger partial charge < -0.3 is 0 Å². The fourth-order valence-electron chi connectivity index (χ4n) is 1.52. The Hall–Kier alpha value is -1.20. The molecule has 0 saturated heterocycles. The van der Waals surface area contributed by atoms with E-state index in [1.165, 1.54) is 11.0 Å². The number of aromatic nitrogens is 1. The minimum absolute atomic E-state index is 0.776. The summed E-state index contributed by atoms with van der Waals surface area (Å²) < 4.78 is 0. The van der Waals surface area contributed by atoms with Gasteiger partial charge in [0.05, 0.1) is 5.44 Å². The van der Waals surface area contributed by atoms with Crippen molar-refractivity contribution in [2.45, 2.75) is 6.42 Å². The van der Waals surface area contributed by atoms with Gasteiger partial charge in [-0.3, -0.25) is 4.98 Å². The van der Waals surface area contributed by atoms with Crippen LogP contribution >= 0.6 is 8.58 Å². The van der Waals surface area contributed by atoms with Crippen LogP contribution in [0.3, 0.4) is 0 Å². The molecule has 0 aliphatic carbocycles. The van der Waals surface area contributed by atoms with Gasteiger partial charge in [-0.1, -0.05) is 45.0 Å². The van der Waals surface area contributed by atoms with Gasteiger partial charge in [-0.2, -0.15) is 0 Å². The van der Waals surface area contributed by atoms with Crippen LogP contribution in [0, 0.1) is 0 Å². The zero-order chi connectivity index (χ0) is 10.5. The standard InChI is InChI=1S/C13H14NP/c1-15-13-9-5-8-12(14-13)10-11-6-3-2-4-7-11/h2-9,15H,10H2,1H3. The van der Waals surface area contributed by atoms with Gasteiger partial charge in [0.1, 0.15) is 0 Å². The third kappa shape index (κ3) is 2.87. The van der Waals surface area contributed by atoms with Crippen molar-refractivity contribution in [1.29, 1.82) is 0 Å². The van der Waals surface area contributed by atoms with Crippen molar-refractivity contribution in [1.82, 2.24) is 4.98 Å². The molecule has 2 rings (SSSR count). The fourth-order valence-corrected chi connectivity index (χ4v) is 2.04. The van der Waals surface area contributed by atoms with E-state index in [-0.39, 0.29) is 0 Å². The molecule has 76 valence electrons. The molecule has 1 unspecified atom stereocenters. The molecule has 0 N–H and O–H groups in total. The SMILES string of the molecule is CPc1cccc(Cc2ccccc2)n1. The van der Waals surface area contributed by atoms with Crippen LogP contribution in [0.2, 0.25) is 0 Å². The van der Waals surface area contributed by atoms with E-state index >= 15 is 0 Å². The van der Waals surface area contributed by atoms with E-state index in [1.54, 1.807) is 0 Å². The third-order valence-electron chi connectivity index (χ3n) is 2.29. The first-order chi connectivity index (χ1) is 7.38. The number of nitrogens with zero attached hydrogens (tertiary/aromatic N) is 1. The summed E-state index contributed by atoms with van der Waals surface area (Å²) >= 11 is 0. The molecule has 0 bridgehead atoms. The molecule has 1 atom stereocenters. The Labute approximate surface area is 92.4 Å². The predicted molar refractivity (Wildman–Crippen MR) is 67.4 cm³/mol. The van der Waals surface area contributed by atoms with Crippen LogP contribution in [-0.4, -0.2) is 11.6 Å². The highest BCUT2D eigenvalue weighted by Gasteiger charge is 1.97. The number of rotatable bonds is 3. The van der Waals surface area contributed by atoms with Crippen LogP contribution in [0.25, 0.3) is 0 Å². The fraction of sp³-hybridized carbons (Fsp3) is 0.154. The van der Waals surface area contributed by atoms with Crippen molar-refractivity contribution in [3.8, 4) is 0 Å². The number of pyridine rings is 1. The van der Waals surface area contributed by atoms with E-state index in [2.05, 4.69) is 54.1 Å². The summed E-state index contributed by atoms with van der Waals surface area (Å²) in [5, 5.41) is 0. The van der Waals surface area contributed by atoms with Crippen LogP contribution in [0.1, 0.15) is 11.3 Å². The second-order valence-corrected chi connectivity index (χ2v) is 4.44. The average Bonchev–Trinajstić information content (AvgIpc) is 2.31. The van der Waals surface area contributed by atoms with Gasteiger partial charge in [-0.05, 0) is 24.4 Å². The van der Waals surface area contributed by atoms with E-state index in [1.807, 2.05) is 6.07 Å². The molecule has 0 radical (unpaired) electrons. The van der Waals surface area contributed by atoms with E-state index in [4.69, 9.17) is 0 Å². The van der Waals surface area contributed by atoms with Crippen molar-refractivity contribution in [3.05, 3.63) is 59.8 Å². The Morgan fingerprint density at radius 3 is 2.53 bits per heavy atom. The molecule has 15 heavy (non-hydrogen) atoms. The maximum atomic E-state index is 4.60. The summed E-state index contributed by atoms with van der Waals surface area (Å²) in [4.78, 5) is 4.60. The second-order valence-electron chi connectivity index (χ2n) is 3.43. The second kappa shape index (κ2) is 5.04. The van der Waals surface area contributed by atoms with Gasteiger partial charge in [-0.25, -0.2) is 0 Å². The summed E-state index contributed by atoms with van der Waals surface area (Å²) in [6.45, 7) is 2.16. The molecule has 0 saturated carbocycles. The molecular weight excluding hydrogens is 201 g/mol. The molecule has 0 fully saturated rings. The highest BCUT2D eigenvalue weighted by Crippen LogP contribution is 2.08. The zero-order valence-corrected chi connectivity index (χ0v) is 9.77. The van der Waals surface area contributed by atoms with Gasteiger partial charge in [0.2, 0.25) is 0 Å². The third-order valence-corrected chi connectivity index (χ3v) is 3.08. The zero-order valence-electron chi connectivity index (χ0n) is 8.77. The van der Waals surface area contributed by atoms with Gasteiger partial charge in [0, 0.05) is 12.1 Å². The molecule has 1 heterocycles. The van der Waals surface area contributed by atoms with Crippen LogP contribution in [0.5, 0.6) is 0 Å². The quantitative estimate of drug-likeness (QED) is 0.717. The van der Waals surface area contributed by atoms with Gasteiger partial charge >= 0.3 is 0 Å².